The molecular weight excluding hydrogens is 218 g/mol. The van der Waals surface area contributed by atoms with Crippen LogP contribution in [0.5, 0.6) is 0 Å². The fourth-order valence-electron chi connectivity index (χ4n) is 2.87. The number of rotatable bonds is 6. The fraction of sp³-hybridized carbons (Fsp3) is 1.00. The molecule has 2 aliphatic rings. The topological polar surface area (TPSA) is 21.3 Å². The Balaban J connectivity index is 1.60. The molecule has 3 atom stereocenters. The Hall–Kier alpha value is 0.270. The van der Waals surface area contributed by atoms with Crippen LogP contribution in [0.1, 0.15) is 45.4 Å². The van der Waals surface area contributed by atoms with Gasteiger partial charge in [-0.25, -0.2) is 0 Å². The van der Waals surface area contributed by atoms with Crippen LogP contribution in [-0.2, 0) is 4.74 Å². The summed E-state index contributed by atoms with van der Waals surface area (Å²) in [6, 6.07) is 0.770. The first kappa shape index (κ1) is 12.7. The summed E-state index contributed by atoms with van der Waals surface area (Å²) in [5, 5.41) is 4.61. The van der Waals surface area contributed by atoms with Gasteiger partial charge in [-0.1, -0.05) is 13.3 Å². The molecule has 2 nitrogen and oxygen atoms in total. The van der Waals surface area contributed by atoms with E-state index in [-0.39, 0.29) is 0 Å². The maximum Gasteiger partial charge on any atom is 0.0588 e. The van der Waals surface area contributed by atoms with Gasteiger partial charge in [0.2, 0.25) is 0 Å². The second-order valence-electron chi connectivity index (χ2n) is 4.91. The summed E-state index contributed by atoms with van der Waals surface area (Å²) in [5.74, 6) is 1.26. The SMILES string of the molecule is CCSC1CCCC1NCCC1CCCO1. The van der Waals surface area contributed by atoms with Crippen LogP contribution in [0.15, 0.2) is 0 Å². The van der Waals surface area contributed by atoms with Gasteiger partial charge in [0.25, 0.3) is 0 Å². The van der Waals surface area contributed by atoms with E-state index in [2.05, 4.69) is 24.0 Å². The first-order valence-electron chi connectivity index (χ1n) is 6.86. The predicted molar refractivity (Wildman–Crippen MR) is 71.2 cm³/mol. The van der Waals surface area contributed by atoms with Gasteiger partial charge in [0.1, 0.15) is 0 Å². The molecule has 2 fully saturated rings. The van der Waals surface area contributed by atoms with Crippen molar-refractivity contribution in [3.63, 3.8) is 0 Å². The van der Waals surface area contributed by atoms with E-state index >= 15 is 0 Å². The summed E-state index contributed by atoms with van der Waals surface area (Å²) in [4.78, 5) is 0. The Kier molecular flexibility index (Phi) is 5.46. The van der Waals surface area contributed by atoms with Crippen molar-refractivity contribution in [2.24, 2.45) is 0 Å². The van der Waals surface area contributed by atoms with Crippen molar-refractivity contribution in [2.75, 3.05) is 18.9 Å². The summed E-state index contributed by atoms with van der Waals surface area (Å²) < 4.78 is 5.65. The minimum absolute atomic E-state index is 0.547. The van der Waals surface area contributed by atoms with Gasteiger partial charge in [0.05, 0.1) is 6.10 Å². The van der Waals surface area contributed by atoms with E-state index in [1.165, 1.54) is 44.3 Å². The van der Waals surface area contributed by atoms with Crippen LogP contribution >= 0.6 is 11.8 Å². The Bertz CT molecular complexity index is 194. The second kappa shape index (κ2) is 6.87. The van der Waals surface area contributed by atoms with Crippen LogP contribution in [0.2, 0.25) is 0 Å². The minimum atomic E-state index is 0.547. The summed E-state index contributed by atoms with van der Waals surface area (Å²) in [6.45, 7) is 4.41. The lowest BCUT2D eigenvalue weighted by atomic mass is 10.1. The average Bonchev–Trinajstić information content (AvgIpc) is 2.91. The molecule has 0 amide bonds. The van der Waals surface area contributed by atoms with E-state index in [0.29, 0.717) is 6.10 Å². The molecule has 0 aromatic carbocycles. The van der Waals surface area contributed by atoms with E-state index in [1.54, 1.807) is 0 Å². The average molecular weight is 243 g/mol. The second-order valence-corrected chi connectivity index (χ2v) is 6.43. The lowest BCUT2D eigenvalue weighted by molar-refractivity contribution is 0.103. The van der Waals surface area contributed by atoms with Crippen molar-refractivity contribution in [3.05, 3.63) is 0 Å². The molecule has 0 spiro atoms. The zero-order chi connectivity index (χ0) is 11.2. The summed E-state index contributed by atoms with van der Waals surface area (Å²) in [5.41, 5.74) is 0. The van der Waals surface area contributed by atoms with Crippen LogP contribution < -0.4 is 5.32 Å². The third-order valence-corrected chi connectivity index (χ3v) is 5.06. The van der Waals surface area contributed by atoms with Gasteiger partial charge in [0.15, 0.2) is 0 Å². The van der Waals surface area contributed by atoms with Gasteiger partial charge in [-0.3, -0.25) is 0 Å². The van der Waals surface area contributed by atoms with Gasteiger partial charge >= 0.3 is 0 Å². The van der Waals surface area contributed by atoms with Crippen LogP contribution in [0.3, 0.4) is 0 Å². The van der Waals surface area contributed by atoms with E-state index in [4.69, 9.17) is 4.74 Å². The van der Waals surface area contributed by atoms with E-state index in [1.807, 2.05) is 0 Å². The van der Waals surface area contributed by atoms with Crippen molar-refractivity contribution in [1.29, 1.82) is 0 Å². The highest BCUT2D eigenvalue weighted by Gasteiger charge is 2.26. The number of nitrogens with one attached hydrogen (secondary N) is 1. The summed E-state index contributed by atoms with van der Waals surface area (Å²) in [6.07, 6.45) is 8.50. The molecule has 0 bridgehead atoms. The first-order valence-corrected chi connectivity index (χ1v) is 7.91. The Morgan fingerprint density at radius 1 is 1.25 bits per heavy atom. The first-order chi connectivity index (χ1) is 7.90. The maximum absolute atomic E-state index is 5.65. The van der Waals surface area contributed by atoms with Crippen molar-refractivity contribution in [3.8, 4) is 0 Å². The molecule has 1 aliphatic carbocycles. The smallest absolute Gasteiger partial charge is 0.0588 e. The van der Waals surface area contributed by atoms with Gasteiger partial charge < -0.3 is 10.1 Å². The molecule has 1 saturated carbocycles. The Labute approximate surface area is 104 Å². The fourth-order valence-corrected chi connectivity index (χ4v) is 4.10. The van der Waals surface area contributed by atoms with E-state index in [0.717, 1.165) is 24.4 Å². The molecule has 94 valence electrons. The van der Waals surface area contributed by atoms with E-state index < -0.39 is 0 Å². The highest BCUT2D eigenvalue weighted by Crippen LogP contribution is 2.29. The van der Waals surface area contributed by atoms with Gasteiger partial charge in [-0.05, 0) is 44.4 Å². The predicted octanol–water partition coefficient (Wildman–Crippen LogP) is 2.82. The summed E-state index contributed by atoms with van der Waals surface area (Å²) in [7, 11) is 0. The van der Waals surface area contributed by atoms with Crippen LogP contribution in [0, 0.1) is 0 Å². The number of thioether (sulfide) groups is 1. The van der Waals surface area contributed by atoms with E-state index in [9.17, 15) is 0 Å². The third-order valence-electron chi connectivity index (χ3n) is 3.73. The maximum atomic E-state index is 5.65. The normalized spacial score (nSPS) is 34.7. The van der Waals surface area contributed by atoms with Gasteiger partial charge in [-0.15, -0.1) is 0 Å². The molecule has 1 N–H and O–H groups in total. The summed E-state index contributed by atoms with van der Waals surface area (Å²) >= 11 is 2.14. The number of hydrogen-bond donors (Lipinski definition) is 1. The lowest BCUT2D eigenvalue weighted by Crippen LogP contribution is -2.36. The lowest BCUT2D eigenvalue weighted by Gasteiger charge is -2.21. The van der Waals surface area contributed by atoms with Crippen molar-refractivity contribution in [2.45, 2.75) is 62.8 Å². The Morgan fingerprint density at radius 3 is 2.94 bits per heavy atom. The molecule has 1 heterocycles. The molecule has 0 aromatic rings. The molecule has 0 radical (unpaired) electrons. The van der Waals surface area contributed by atoms with Gasteiger partial charge in [0, 0.05) is 17.9 Å². The van der Waals surface area contributed by atoms with Gasteiger partial charge in [-0.2, -0.15) is 11.8 Å². The monoisotopic (exact) mass is 243 g/mol. The standard InChI is InChI=1S/C13H25NOS/c1-2-16-13-7-3-6-12(13)14-9-8-11-5-4-10-15-11/h11-14H,2-10H2,1H3. The number of ether oxygens (including phenoxy) is 1. The molecule has 16 heavy (non-hydrogen) atoms. The van der Waals surface area contributed by atoms with Crippen LogP contribution in [0.25, 0.3) is 0 Å². The molecule has 1 aliphatic heterocycles. The molecule has 1 saturated heterocycles. The molecule has 3 unspecified atom stereocenters. The zero-order valence-corrected chi connectivity index (χ0v) is 11.2. The molecule has 3 heteroatoms. The van der Waals surface area contributed by atoms with Crippen molar-refractivity contribution >= 4 is 11.8 Å². The zero-order valence-electron chi connectivity index (χ0n) is 10.4. The number of hydrogen-bond acceptors (Lipinski definition) is 3. The Morgan fingerprint density at radius 2 is 2.19 bits per heavy atom. The molecular formula is C13H25NOS. The molecule has 0 aromatic heterocycles. The minimum Gasteiger partial charge on any atom is -0.378 e. The largest absolute Gasteiger partial charge is 0.378 e. The van der Waals surface area contributed by atoms with Crippen LogP contribution in [-0.4, -0.2) is 36.3 Å². The molecule has 2 rings (SSSR count). The quantitative estimate of drug-likeness (QED) is 0.775. The van der Waals surface area contributed by atoms with Crippen molar-refractivity contribution in [1.82, 2.24) is 5.32 Å². The van der Waals surface area contributed by atoms with Crippen LogP contribution in [0.4, 0.5) is 0 Å². The third kappa shape index (κ3) is 3.64. The highest BCUT2D eigenvalue weighted by molar-refractivity contribution is 7.99. The van der Waals surface area contributed by atoms with Crippen molar-refractivity contribution < 1.29 is 4.74 Å². The highest BCUT2D eigenvalue weighted by atomic mass is 32.2.